The van der Waals surface area contributed by atoms with E-state index < -0.39 is 24.0 Å². The highest BCUT2D eigenvalue weighted by molar-refractivity contribution is 6.31. The highest BCUT2D eigenvalue weighted by Crippen LogP contribution is 2.30. The van der Waals surface area contributed by atoms with Crippen LogP contribution in [0.1, 0.15) is 34.0 Å². The molecule has 2 aliphatic heterocycles. The van der Waals surface area contributed by atoms with E-state index in [4.69, 9.17) is 22.1 Å². The Morgan fingerprint density at radius 1 is 1.28 bits per heavy atom. The lowest BCUT2D eigenvalue weighted by Gasteiger charge is -2.28. The lowest BCUT2D eigenvalue weighted by Crippen LogP contribution is -2.44. The van der Waals surface area contributed by atoms with E-state index in [2.05, 4.69) is 15.3 Å². The number of piperidine rings is 1. The summed E-state index contributed by atoms with van der Waals surface area (Å²) in [7, 11) is 0. The number of rotatable bonds is 4. The summed E-state index contributed by atoms with van der Waals surface area (Å²) in [5.41, 5.74) is 8.70. The van der Waals surface area contributed by atoms with Gasteiger partial charge in [-0.3, -0.25) is 4.79 Å². The predicted molar refractivity (Wildman–Crippen MR) is 117 cm³/mol. The number of halogens is 3. The number of hydrogen-bond acceptors (Lipinski definition) is 6. The summed E-state index contributed by atoms with van der Waals surface area (Å²) >= 11 is 6.16. The molecule has 3 heterocycles. The average molecular weight is 464 g/mol. The van der Waals surface area contributed by atoms with Gasteiger partial charge in [0.2, 0.25) is 0 Å². The molecule has 32 heavy (non-hydrogen) atoms. The van der Waals surface area contributed by atoms with Crippen LogP contribution < -0.4 is 15.8 Å². The van der Waals surface area contributed by atoms with E-state index in [9.17, 15) is 13.6 Å². The molecule has 7 nitrogen and oxygen atoms in total. The van der Waals surface area contributed by atoms with Gasteiger partial charge >= 0.3 is 0 Å². The zero-order valence-corrected chi connectivity index (χ0v) is 18.5. The third-order valence-electron chi connectivity index (χ3n) is 5.64. The molecule has 0 bridgehead atoms. The van der Waals surface area contributed by atoms with Gasteiger partial charge in [-0.2, -0.15) is 0 Å². The summed E-state index contributed by atoms with van der Waals surface area (Å²) in [6, 6.07) is 3.64. The van der Waals surface area contributed by atoms with Crippen LogP contribution in [-0.4, -0.2) is 59.2 Å². The van der Waals surface area contributed by atoms with E-state index in [0.29, 0.717) is 46.5 Å². The zero-order valence-electron chi connectivity index (χ0n) is 17.8. The van der Waals surface area contributed by atoms with Crippen LogP contribution in [0.5, 0.6) is 5.75 Å². The number of ether oxygens (including phenoxy) is 1. The van der Waals surface area contributed by atoms with Gasteiger partial charge in [-0.1, -0.05) is 11.6 Å². The summed E-state index contributed by atoms with van der Waals surface area (Å²) < 4.78 is 33.9. The van der Waals surface area contributed by atoms with Crippen molar-refractivity contribution in [1.82, 2.24) is 20.2 Å². The monoisotopic (exact) mass is 463 g/mol. The van der Waals surface area contributed by atoms with Crippen molar-refractivity contribution in [3.63, 3.8) is 0 Å². The molecule has 1 amide bonds. The number of nitrogens with zero attached hydrogens (tertiary/aromatic N) is 3. The molecule has 1 fully saturated rings. The molecule has 1 aromatic carbocycles. The number of amides is 1. The number of aryl methyl sites for hydroxylation is 2. The van der Waals surface area contributed by atoms with Crippen molar-refractivity contribution in [3.05, 3.63) is 57.5 Å². The summed E-state index contributed by atoms with van der Waals surface area (Å²) in [5.74, 6) is -0.528. The first-order chi connectivity index (χ1) is 15.2. The Kier molecular flexibility index (Phi) is 6.30. The van der Waals surface area contributed by atoms with Gasteiger partial charge in [0.05, 0.1) is 35.1 Å². The van der Waals surface area contributed by atoms with Gasteiger partial charge in [-0.25, -0.2) is 18.7 Å². The molecule has 0 unspecified atom stereocenters. The summed E-state index contributed by atoms with van der Waals surface area (Å²) in [6.45, 7) is 4.63. The number of nitrogens with two attached hydrogens (primary N) is 1. The molecular formula is C22H24ClF2N5O2. The number of carbonyl (C=O) groups is 1. The maximum atomic E-state index is 14.2. The zero-order chi connectivity index (χ0) is 23.0. The summed E-state index contributed by atoms with van der Waals surface area (Å²) in [5, 5.41) is 3.42. The van der Waals surface area contributed by atoms with Crippen LogP contribution in [-0.2, 0) is 0 Å². The Balaban J connectivity index is 1.57. The van der Waals surface area contributed by atoms with E-state index in [1.54, 1.807) is 13.8 Å². The molecule has 1 aromatic heterocycles. The first-order valence-electron chi connectivity index (χ1n) is 10.3. The van der Waals surface area contributed by atoms with Gasteiger partial charge in [0.1, 0.15) is 23.8 Å². The number of alkyl halides is 1. The van der Waals surface area contributed by atoms with Crippen molar-refractivity contribution in [1.29, 1.82) is 0 Å². The van der Waals surface area contributed by atoms with E-state index in [1.807, 2.05) is 0 Å². The Morgan fingerprint density at radius 3 is 2.69 bits per heavy atom. The van der Waals surface area contributed by atoms with E-state index >= 15 is 0 Å². The Bertz CT molecular complexity index is 1070. The van der Waals surface area contributed by atoms with Crippen LogP contribution in [0.15, 0.2) is 23.9 Å². The minimum absolute atomic E-state index is 0.0194. The molecular weight excluding hydrogens is 440 g/mol. The Hall–Kier alpha value is -2.78. The highest BCUT2D eigenvalue weighted by Gasteiger charge is 2.32. The first kappa shape index (κ1) is 22.4. The molecule has 4 rings (SSSR count). The topological polar surface area (TPSA) is 93.4 Å². The quantitative estimate of drug-likeness (QED) is 0.724. The van der Waals surface area contributed by atoms with Crippen molar-refractivity contribution in [2.45, 2.75) is 32.5 Å². The maximum Gasteiger partial charge on any atom is 0.258 e. The molecule has 2 atom stereocenters. The minimum Gasteiger partial charge on any atom is -0.486 e. The third kappa shape index (κ3) is 4.40. The van der Waals surface area contributed by atoms with E-state index in [1.165, 1.54) is 17.0 Å². The number of benzene rings is 1. The molecule has 0 aliphatic carbocycles. The molecule has 0 spiro atoms. The first-order valence-corrected chi connectivity index (χ1v) is 10.7. The van der Waals surface area contributed by atoms with Gasteiger partial charge in [0.25, 0.3) is 5.91 Å². The molecule has 2 aromatic rings. The SMILES string of the molecule is Cc1nc(C2=C(N)CN(C(=O)c3ccc(F)cc3O[C@H]3CCNC[C@H]3F)C2)nc(C)c1Cl. The smallest absolute Gasteiger partial charge is 0.258 e. The van der Waals surface area contributed by atoms with Crippen molar-refractivity contribution in [3.8, 4) is 5.75 Å². The van der Waals surface area contributed by atoms with Crippen LogP contribution >= 0.6 is 11.6 Å². The van der Waals surface area contributed by atoms with Crippen molar-refractivity contribution in [2.75, 3.05) is 26.2 Å². The van der Waals surface area contributed by atoms with Gasteiger partial charge in [0, 0.05) is 23.9 Å². The molecule has 0 saturated carbocycles. The number of carbonyl (C=O) groups excluding carboxylic acids is 1. The Labute approximate surface area is 189 Å². The van der Waals surface area contributed by atoms with Crippen LogP contribution in [0.2, 0.25) is 5.02 Å². The number of aromatic nitrogens is 2. The van der Waals surface area contributed by atoms with Gasteiger partial charge < -0.3 is 20.7 Å². The number of nitrogens with one attached hydrogen (secondary N) is 1. The number of hydrogen-bond donors (Lipinski definition) is 2. The lowest BCUT2D eigenvalue weighted by atomic mass is 10.1. The molecule has 170 valence electrons. The van der Waals surface area contributed by atoms with Crippen LogP contribution in [0.4, 0.5) is 8.78 Å². The van der Waals surface area contributed by atoms with E-state index in [0.717, 1.165) is 6.07 Å². The van der Waals surface area contributed by atoms with Gasteiger partial charge in [-0.05, 0) is 38.9 Å². The van der Waals surface area contributed by atoms with Crippen molar-refractivity contribution < 1.29 is 18.3 Å². The average Bonchev–Trinajstić information content (AvgIpc) is 3.14. The standard InChI is InChI=1S/C22H24ClF2N5O2/c1-11-20(23)12(2)29-21(28-11)15-9-30(10-17(15)26)22(31)14-4-3-13(24)7-19(14)32-18-5-6-27-8-16(18)25/h3-4,7,16,18,27H,5-6,8-10,26H2,1-2H3/t16-,18+/m1/s1. The highest BCUT2D eigenvalue weighted by atomic mass is 35.5. The van der Waals surface area contributed by atoms with Crippen molar-refractivity contribution in [2.24, 2.45) is 5.73 Å². The van der Waals surface area contributed by atoms with Gasteiger partial charge in [-0.15, -0.1) is 0 Å². The third-order valence-corrected chi connectivity index (χ3v) is 6.19. The second kappa shape index (κ2) is 8.99. The lowest BCUT2D eigenvalue weighted by molar-refractivity contribution is 0.0676. The fraction of sp³-hybridized carbons (Fsp3) is 0.409. The largest absolute Gasteiger partial charge is 0.486 e. The normalized spacial score (nSPS) is 21.2. The van der Waals surface area contributed by atoms with Gasteiger partial charge in [0.15, 0.2) is 5.82 Å². The molecule has 2 aliphatic rings. The summed E-state index contributed by atoms with van der Waals surface area (Å²) in [4.78, 5) is 23.6. The maximum absolute atomic E-state index is 14.2. The second-order valence-electron chi connectivity index (χ2n) is 8.00. The Morgan fingerprint density at radius 2 is 2.00 bits per heavy atom. The minimum atomic E-state index is -1.25. The molecule has 10 heteroatoms. The molecule has 1 saturated heterocycles. The molecule has 3 N–H and O–H groups in total. The second-order valence-corrected chi connectivity index (χ2v) is 8.38. The van der Waals surface area contributed by atoms with Crippen LogP contribution in [0, 0.1) is 19.7 Å². The fourth-order valence-electron chi connectivity index (χ4n) is 3.88. The van der Waals surface area contributed by atoms with E-state index in [-0.39, 0.29) is 30.9 Å². The van der Waals surface area contributed by atoms with Crippen LogP contribution in [0.25, 0.3) is 5.57 Å². The molecule has 0 radical (unpaired) electrons. The van der Waals surface area contributed by atoms with Crippen LogP contribution in [0.3, 0.4) is 0 Å². The fourth-order valence-corrected chi connectivity index (χ4v) is 3.96. The van der Waals surface area contributed by atoms with Crippen molar-refractivity contribution >= 4 is 23.1 Å². The summed E-state index contributed by atoms with van der Waals surface area (Å²) in [6.07, 6.45) is -1.59. The predicted octanol–water partition coefficient (Wildman–Crippen LogP) is 2.79.